The van der Waals surface area contributed by atoms with E-state index < -0.39 is 7.49 Å². The van der Waals surface area contributed by atoms with Crippen molar-refractivity contribution in [1.29, 1.82) is 5.26 Å². The zero-order chi connectivity index (χ0) is 23.0. The molecule has 2 saturated heterocycles. The Hall–Kier alpha value is -2.89. The van der Waals surface area contributed by atoms with Crippen molar-refractivity contribution in [3.8, 4) is 11.8 Å². The van der Waals surface area contributed by atoms with E-state index in [0.29, 0.717) is 28.8 Å². The van der Waals surface area contributed by atoms with Gasteiger partial charge in [0.1, 0.15) is 0 Å². The monoisotopic (exact) mass is 468 g/mol. The first-order chi connectivity index (χ1) is 16.0. The molecule has 2 aliphatic heterocycles. The summed E-state index contributed by atoms with van der Waals surface area (Å²) < 4.78 is 11.0. The Morgan fingerprint density at radius 1 is 1.27 bits per heavy atom. The van der Waals surface area contributed by atoms with Crippen molar-refractivity contribution in [3.05, 3.63) is 36.0 Å². The van der Waals surface area contributed by atoms with Gasteiger partial charge in [-0.1, -0.05) is 0 Å². The number of hydrogen-bond acceptors (Lipinski definition) is 8. The van der Waals surface area contributed by atoms with Crippen molar-refractivity contribution in [3.63, 3.8) is 0 Å². The van der Waals surface area contributed by atoms with Gasteiger partial charge < -0.3 is 0 Å². The van der Waals surface area contributed by atoms with Crippen molar-refractivity contribution < 1.29 is 14.4 Å². The van der Waals surface area contributed by atoms with Gasteiger partial charge in [-0.05, 0) is 0 Å². The van der Waals surface area contributed by atoms with Gasteiger partial charge in [0, 0.05) is 0 Å². The van der Waals surface area contributed by atoms with Crippen LogP contribution in [0, 0.1) is 11.3 Å². The topological polar surface area (TPSA) is 118 Å². The van der Waals surface area contributed by atoms with Gasteiger partial charge in [-0.25, -0.2) is 0 Å². The van der Waals surface area contributed by atoms with E-state index in [4.69, 9.17) is 9.47 Å². The van der Waals surface area contributed by atoms with E-state index in [2.05, 4.69) is 31.6 Å². The maximum absolute atomic E-state index is 11.5. The summed E-state index contributed by atoms with van der Waals surface area (Å²) in [7, 11) is 0.894. The van der Waals surface area contributed by atoms with Crippen molar-refractivity contribution in [2.24, 2.45) is 0 Å². The summed E-state index contributed by atoms with van der Waals surface area (Å²) in [6.07, 6.45) is 3.29. The van der Waals surface area contributed by atoms with E-state index in [-0.39, 0.29) is 0 Å². The number of pyridine rings is 1. The Morgan fingerprint density at radius 3 is 2.70 bits per heavy atom. The number of H-pyrrole nitrogens is 1. The number of fused-ring (bicyclic) bond motifs is 1. The first kappa shape index (κ1) is 21.9. The van der Waals surface area contributed by atoms with E-state index in [1.54, 1.807) is 13.3 Å². The summed E-state index contributed by atoms with van der Waals surface area (Å²) in [5.41, 5.74) is 2.75. The zero-order valence-corrected chi connectivity index (χ0v) is 19.8. The molecular weight excluding hydrogens is 439 g/mol. The van der Waals surface area contributed by atoms with Crippen LogP contribution in [0.15, 0.2) is 30.5 Å². The van der Waals surface area contributed by atoms with E-state index in [1.165, 1.54) is 0 Å². The van der Waals surface area contributed by atoms with Crippen LogP contribution in [-0.4, -0.2) is 78.6 Å². The number of hydrogen-bond donors (Lipinski definition) is 4. The molecule has 1 aromatic carbocycles. The quantitative estimate of drug-likeness (QED) is 0.407. The summed E-state index contributed by atoms with van der Waals surface area (Å²) in [4.78, 5) is 21.6. The van der Waals surface area contributed by atoms with Crippen LogP contribution in [0.25, 0.3) is 11.0 Å². The molecule has 0 unspecified atom stereocenters. The van der Waals surface area contributed by atoms with Crippen LogP contribution in [0.1, 0.15) is 5.56 Å². The third-order valence-corrected chi connectivity index (χ3v) is 10.3. The molecule has 2 aromatic heterocycles. The van der Waals surface area contributed by atoms with Gasteiger partial charge in [0.2, 0.25) is 0 Å². The van der Waals surface area contributed by atoms with E-state index in [0.717, 1.165) is 60.7 Å². The minimum absolute atomic E-state index is 0.515. The van der Waals surface area contributed by atoms with Crippen LogP contribution in [0.3, 0.4) is 0 Å². The SMILES string of the molecule is CNc1cc(Nc2ccc([PH]3(O)CCN(C4COC4)CC3)cc2OC)nc2[nH]cc(C#N)c12. The predicted octanol–water partition coefficient (Wildman–Crippen LogP) is 2.23. The molecule has 174 valence electrons. The molecule has 3 aromatic rings. The molecule has 0 aliphatic carbocycles. The minimum atomic E-state index is -2.56. The average molecular weight is 468 g/mol. The van der Waals surface area contributed by atoms with E-state index in [1.807, 2.05) is 31.3 Å². The number of ether oxygens (including phenoxy) is 2. The first-order valence-corrected chi connectivity index (χ1v) is 13.5. The van der Waals surface area contributed by atoms with Crippen LogP contribution < -0.4 is 20.7 Å². The molecule has 4 heterocycles. The Balaban J connectivity index is 1.38. The number of nitrogens with zero attached hydrogens (tertiary/aromatic N) is 3. The number of aromatic nitrogens is 2. The van der Waals surface area contributed by atoms with Crippen LogP contribution in [-0.2, 0) is 4.74 Å². The molecule has 2 fully saturated rings. The number of methoxy groups -OCH3 is 1. The zero-order valence-electron chi connectivity index (χ0n) is 18.8. The Morgan fingerprint density at radius 2 is 2.06 bits per heavy atom. The summed E-state index contributed by atoms with van der Waals surface area (Å²) in [6, 6.07) is 10.5. The number of benzene rings is 1. The predicted molar refractivity (Wildman–Crippen MR) is 133 cm³/mol. The molecule has 9 nitrogen and oxygen atoms in total. The van der Waals surface area contributed by atoms with Crippen molar-refractivity contribution in [2.45, 2.75) is 6.04 Å². The Bertz CT molecular complexity index is 1210. The van der Waals surface area contributed by atoms with Crippen molar-refractivity contribution in [2.75, 3.05) is 63.4 Å². The molecule has 0 bridgehead atoms. The van der Waals surface area contributed by atoms with E-state index in [9.17, 15) is 10.2 Å². The maximum atomic E-state index is 11.5. The summed E-state index contributed by atoms with van der Waals surface area (Å²) in [6.45, 7) is 3.44. The summed E-state index contributed by atoms with van der Waals surface area (Å²) in [5, 5.41) is 17.6. The number of anilines is 3. The molecule has 0 saturated carbocycles. The van der Waals surface area contributed by atoms with Crippen LogP contribution in [0.5, 0.6) is 5.75 Å². The fourth-order valence-electron chi connectivity index (χ4n) is 4.69. The average Bonchev–Trinajstić information content (AvgIpc) is 3.22. The molecule has 0 radical (unpaired) electrons. The van der Waals surface area contributed by atoms with Gasteiger partial charge in [0.05, 0.1) is 0 Å². The second-order valence-corrected chi connectivity index (χ2v) is 12.3. The second kappa shape index (κ2) is 8.81. The number of nitrogens with one attached hydrogen (secondary N) is 3. The molecule has 0 amide bonds. The van der Waals surface area contributed by atoms with Crippen LogP contribution >= 0.6 is 7.49 Å². The second-order valence-electron chi connectivity index (χ2n) is 8.64. The van der Waals surface area contributed by atoms with E-state index >= 15 is 0 Å². The van der Waals surface area contributed by atoms with Crippen molar-refractivity contribution >= 4 is 41.0 Å². The fourth-order valence-corrected chi connectivity index (χ4v) is 7.62. The number of rotatable bonds is 6. The van der Waals surface area contributed by atoms with Gasteiger partial charge in [0.25, 0.3) is 0 Å². The number of aromatic amines is 1. The van der Waals surface area contributed by atoms with Gasteiger partial charge in [0.15, 0.2) is 0 Å². The Labute approximate surface area is 193 Å². The normalized spacial score (nSPS) is 19.5. The molecular formula is C23H29N6O3P. The van der Waals surface area contributed by atoms with Crippen LogP contribution in [0.2, 0.25) is 0 Å². The molecule has 10 heteroatoms. The fraction of sp³-hybridized carbons (Fsp3) is 0.391. The molecule has 2 aliphatic rings. The summed E-state index contributed by atoms with van der Waals surface area (Å²) in [5.74, 6) is 1.29. The molecule has 33 heavy (non-hydrogen) atoms. The third kappa shape index (κ3) is 4.00. The van der Waals surface area contributed by atoms with Crippen molar-refractivity contribution in [1.82, 2.24) is 14.9 Å². The first-order valence-electron chi connectivity index (χ1n) is 11.1. The van der Waals surface area contributed by atoms with Gasteiger partial charge in [-0.3, -0.25) is 0 Å². The van der Waals surface area contributed by atoms with Gasteiger partial charge in [-0.15, -0.1) is 0 Å². The Kier molecular flexibility index (Phi) is 5.85. The van der Waals surface area contributed by atoms with Gasteiger partial charge in [-0.2, -0.15) is 0 Å². The van der Waals surface area contributed by atoms with Crippen LogP contribution in [0.4, 0.5) is 17.2 Å². The third-order valence-electron chi connectivity index (χ3n) is 6.80. The molecule has 4 N–H and O–H groups in total. The molecule has 5 rings (SSSR count). The number of nitriles is 1. The standard InChI is InChI=1S/C23H29N6O3P/c1-25-19-10-21(28-23-22(19)15(11-24)12-26-23)27-18-4-3-17(9-20(18)31-2)33(30)7-5-29(6-8-33)16-13-32-14-16/h3-4,9-10,12,16,30,33H,5-8,13-14H2,1-2H3,(H3,25,26,27,28). The molecule has 0 spiro atoms. The van der Waals surface area contributed by atoms with Gasteiger partial charge >= 0.3 is 193 Å². The summed E-state index contributed by atoms with van der Waals surface area (Å²) >= 11 is 0. The molecule has 0 atom stereocenters.